The number of hydrogen-bond donors (Lipinski definition) is 2. The lowest BCUT2D eigenvalue weighted by Crippen LogP contribution is -2.41. The lowest BCUT2D eigenvalue weighted by molar-refractivity contribution is 0.149. The van der Waals surface area contributed by atoms with Gasteiger partial charge >= 0.3 is 0 Å². The molecule has 2 N–H and O–H groups in total. The molecule has 1 saturated heterocycles. The SMILES string of the molecule is Cc1nc(NCCO)c2c(n1)C1(CC2)CCN(Cc2c(C)cccc2C)CC1. The van der Waals surface area contributed by atoms with Gasteiger partial charge in [0.25, 0.3) is 0 Å². The number of anilines is 1. The molecule has 4 rings (SSSR count). The summed E-state index contributed by atoms with van der Waals surface area (Å²) in [6.07, 6.45) is 4.55. The lowest BCUT2D eigenvalue weighted by Gasteiger charge is -2.40. The van der Waals surface area contributed by atoms with E-state index in [2.05, 4.69) is 47.2 Å². The second-order valence-electron chi connectivity index (χ2n) is 8.52. The van der Waals surface area contributed by atoms with Gasteiger partial charge in [-0.05, 0) is 76.2 Å². The molecule has 2 aromatic rings. The first-order chi connectivity index (χ1) is 13.5. The number of likely N-dealkylation sites (tertiary alicyclic amines) is 1. The summed E-state index contributed by atoms with van der Waals surface area (Å²) in [7, 11) is 0. The van der Waals surface area contributed by atoms with Crippen LogP contribution in [0.25, 0.3) is 0 Å². The minimum atomic E-state index is 0.121. The van der Waals surface area contributed by atoms with Crippen LogP contribution in [-0.4, -0.2) is 46.2 Å². The molecule has 0 radical (unpaired) electrons. The number of nitrogens with one attached hydrogen (secondary N) is 1. The average molecular weight is 381 g/mol. The third-order valence-corrected chi connectivity index (χ3v) is 6.72. The Morgan fingerprint density at radius 3 is 2.46 bits per heavy atom. The standard InChI is InChI=1S/C23H32N4O/c1-16-5-4-6-17(2)20(16)15-27-12-9-23(10-13-27)8-7-19-21(23)25-18(3)26-22(19)24-11-14-28/h4-6,28H,7-15H2,1-3H3,(H,24,25,26). The van der Waals surface area contributed by atoms with Gasteiger partial charge in [-0.2, -0.15) is 0 Å². The molecular weight excluding hydrogens is 348 g/mol. The molecule has 28 heavy (non-hydrogen) atoms. The first-order valence-electron chi connectivity index (χ1n) is 10.5. The molecule has 150 valence electrons. The molecule has 0 atom stereocenters. The van der Waals surface area contributed by atoms with E-state index in [1.165, 1.54) is 47.2 Å². The van der Waals surface area contributed by atoms with Crippen molar-refractivity contribution < 1.29 is 5.11 Å². The van der Waals surface area contributed by atoms with Gasteiger partial charge in [0.2, 0.25) is 0 Å². The summed E-state index contributed by atoms with van der Waals surface area (Å²) in [5.41, 5.74) is 7.04. The van der Waals surface area contributed by atoms with Crippen LogP contribution in [0.1, 0.15) is 53.0 Å². The monoisotopic (exact) mass is 380 g/mol. The molecule has 5 heteroatoms. The number of aromatic nitrogens is 2. The van der Waals surface area contributed by atoms with Crippen LogP contribution in [0.2, 0.25) is 0 Å². The highest BCUT2D eigenvalue weighted by Gasteiger charge is 2.44. The lowest BCUT2D eigenvalue weighted by atomic mass is 9.76. The van der Waals surface area contributed by atoms with Crippen LogP contribution >= 0.6 is 0 Å². The van der Waals surface area contributed by atoms with E-state index < -0.39 is 0 Å². The Morgan fingerprint density at radius 2 is 1.79 bits per heavy atom. The molecule has 2 aliphatic rings. The smallest absolute Gasteiger partial charge is 0.133 e. The van der Waals surface area contributed by atoms with Crippen molar-refractivity contribution in [2.45, 2.75) is 58.4 Å². The maximum absolute atomic E-state index is 9.17. The Hall–Kier alpha value is -1.98. The molecule has 1 fully saturated rings. The summed E-state index contributed by atoms with van der Waals surface area (Å²) in [5, 5.41) is 12.5. The van der Waals surface area contributed by atoms with Crippen molar-refractivity contribution in [1.82, 2.24) is 14.9 Å². The van der Waals surface area contributed by atoms with Crippen LogP contribution in [0.3, 0.4) is 0 Å². The number of aliphatic hydroxyl groups is 1. The predicted molar refractivity (Wildman–Crippen MR) is 113 cm³/mol. The molecule has 5 nitrogen and oxygen atoms in total. The Labute approximate surface area is 168 Å². The van der Waals surface area contributed by atoms with E-state index in [1.807, 2.05) is 6.92 Å². The van der Waals surface area contributed by atoms with E-state index in [-0.39, 0.29) is 12.0 Å². The maximum Gasteiger partial charge on any atom is 0.133 e. The average Bonchev–Trinajstić information content (AvgIpc) is 3.03. The molecule has 1 aliphatic heterocycles. The Balaban J connectivity index is 1.51. The number of aryl methyl sites for hydroxylation is 3. The molecule has 0 amide bonds. The van der Waals surface area contributed by atoms with E-state index >= 15 is 0 Å². The minimum Gasteiger partial charge on any atom is -0.395 e. The molecule has 0 unspecified atom stereocenters. The van der Waals surface area contributed by atoms with Gasteiger partial charge in [-0.1, -0.05) is 18.2 Å². The van der Waals surface area contributed by atoms with E-state index in [0.717, 1.165) is 37.7 Å². The summed E-state index contributed by atoms with van der Waals surface area (Å²) in [6.45, 7) is 10.4. The van der Waals surface area contributed by atoms with E-state index in [1.54, 1.807) is 0 Å². The van der Waals surface area contributed by atoms with Crippen molar-refractivity contribution >= 4 is 5.82 Å². The third kappa shape index (κ3) is 3.53. The Morgan fingerprint density at radius 1 is 1.07 bits per heavy atom. The van der Waals surface area contributed by atoms with E-state index in [9.17, 15) is 0 Å². The number of aliphatic hydroxyl groups excluding tert-OH is 1. The number of piperidine rings is 1. The molecular formula is C23H32N4O. The van der Waals surface area contributed by atoms with Gasteiger partial charge in [0, 0.05) is 24.1 Å². The van der Waals surface area contributed by atoms with Crippen LogP contribution in [0.4, 0.5) is 5.82 Å². The highest BCUT2D eigenvalue weighted by Crippen LogP contribution is 2.47. The fourth-order valence-electron chi connectivity index (χ4n) is 5.02. The van der Waals surface area contributed by atoms with Crippen LogP contribution < -0.4 is 5.32 Å². The van der Waals surface area contributed by atoms with Gasteiger partial charge in [0.05, 0.1) is 12.3 Å². The molecule has 1 aromatic carbocycles. The number of hydrogen-bond acceptors (Lipinski definition) is 5. The second kappa shape index (κ2) is 7.80. The zero-order valence-electron chi connectivity index (χ0n) is 17.4. The van der Waals surface area contributed by atoms with Crippen molar-refractivity contribution in [2.75, 3.05) is 31.6 Å². The molecule has 0 bridgehead atoms. The number of benzene rings is 1. The maximum atomic E-state index is 9.17. The summed E-state index contributed by atoms with van der Waals surface area (Å²) in [6, 6.07) is 6.60. The minimum absolute atomic E-state index is 0.121. The first kappa shape index (κ1) is 19.3. The second-order valence-corrected chi connectivity index (χ2v) is 8.52. The highest BCUT2D eigenvalue weighted by molar-refractivity contribution is 5.52. The van der Waals surface area contributed by atoms with Crippen LogP contribution in [0.5, 0.6) is 0 Å². The molecule has 1 aliphatic carbocycles. The van der Waals surface area contributed by atoms with Crippen LogP contribution in [-0.2, 0) is 18.4 Å². The first-order valence-corrected chi connectivity index (χ1v) is 10.5. The predicted octanol–water partition coefficient (Wildman–Crippen LogP) is 3.29. The van der Waals surface area contributed by atoms with Crippen molar-refractivity contribution in [2.24, 2.45) is 0 Å². The fourth-order valence-corrected chi connectivity index (χ4v) is 5.02. The molecule has 2 heterocycles. The summed E-state index contributed by atoms with van der Waals surface area (Å²) in [5.74, 6) is 1.77. The normalized spacial score (nSPS) is 18.4. The van der Waals surface area contributed by atoms with Crippen LogP contribution in [0, 0.1) is 20.8 Å². The topological polar surface area (TPSA) is 61.3 Å². The van der Waals surface area contributed by atoms with Crippen LogP contribution in [0.15, 0.2) is 18.2 Å². The van der Waals surface area contributed by atoms with Gasteiger partial charge in [-0.3, -0.25) is 4.90 Å². The molecule has 0 saturated carbocycles. The van der Waals surface area contributed by atoms with Crippen molar-refractivity contribution in [3.05, 3.63) is 52.0 Å². The highest BCUT2D eigenvalue weighted by atomic mass is 16.3. The third-order valence-electron chi connectivity index (χ3n) is 6.72. The number of fused-ring (bicyclic) bond motifs is 2. The number of nitrogens with zero attached hydrogens (tertiary/aromatic N) is 3. The van der Waals surface area contributed by atoms with Crippen molar-refractivity contribution in [1.29, 1.82) is 0 Å². The fraction of sp³-hybridized carbons (Fsp3) is 0.565. The zero-order chi connectivity index (χ0) is 19.7. The van der Waals surface area contributed by atoms with Crippen molar-refractivity contribution in [3.63, 3.8) is 0 Å². The Bertz CT molecular complexity index is 836. The van der Waals surface area contributed by atoms with Gasteiger partial charge in [-0.15, -0.1) is 0 Å². The van der Waals surface area contributed by atoms with Gasteiger partial charge < -0.3 is 10.4 Å². The quantitative estimate of drug-likeness (QED) is 0.833. The summed E-state index contributed by atoms with van der Waals surface area (Å²) < 4.78 is 0. The van der Waals surface area contributed by atoms with Gasteiger partial charge in [0.1, 0.15) is 11.6 Å². The van der Waals surface area contributed by atoms with E-state index in [0.29, 0.717) is 6.54 Å². The molecule has 1 spiro atoms. The van der Waals surface area contributed by atoms with E-state index in [4.69, 9.17) is 10.1 Å². The van der Waals surface area contributed by atoms with Gasteiger partial charge in [0.15, 0.2) is 0 Å². The molecule has 1 aromatic heterocycles. The summed E-state index contributed by atoms with van der Waals surface area (Å²) in [4.78, 5) is 12.1. The zero-order valence-corrected chi connectivity index (χ0v) is 17.4. The largest absolute Gasteiger partial charge is 0.395 e. The number of rotatable bonds is 5. The van der Waals surface area contributed by atoms with Gasteiger partial charge in [-0.25, -0.2) is 9.97 Å². The summed E-state index contributed by atoms with van der Waals surface area (Å²) >= 11 is 0. The Kier molecular flexibility index (Phi) is 5.39. The van der Waals surface area contributed by atoms with Crippen molar-refractivity contribution in [3.8, 4) is 0 Å².